The van der Waals surface area contributed by atoms with Crippen molar-refractivity contribution in [2.45, 2.75) is 51.4 Å². The van der Waals surface area contributed by atoms with Gasteiger partial charge in [-0.15, -0.1) is 0 Å². The van der Waals surface area contributed by atoms with Crippen LogP contribution >= 0.6 is 0 Å². The van der Waals surface area contributed by atoms with Crippen molar-refractivity contribution in [3.8, 4) is 0 Å². The molecule has 4 rings (SSSR count). The van der Waals surface area contributed by atoms with Crippen LogP contribution in [0.2, 0.25) is 0 Å². The van der Waals surface area contributed by atoms with Crippen LogP contribution in [0, 0.1) is 30.1 Å². The zero-order chi connectivity index (χ0) is 12.8. The highest BCUT2D eigenvalue weighted by molar-refractivity contribution is 5.45. The minimum Gasteiger partial charge on any atom is -0.0651 e. The van der Waals surface area contributed by atoms with Gasteiger partial charge >= 0.3 is 0 Å². The molecule has 0 heterocycles. The molecule has 0 aliphatic heterocycles. The Kier molecular flexibility index (Phi) is 2.94. The molecule has 2 fully saturated rings. The molecule has 2 bridgehead atoms. The molecule has 0 nitrogen and oxygen atoms in total. The lowest BCUT2D eigenvalue weighted by atomic mass is 9.63. The Bertz CT molecular complexity index is 461. The van der Waals surface area contributed by atoms with Crippen LogP contribution in [0.3, 0.4) is 0 Å². The van der Waals surface area contributed by atoms with Crippen LogP contribution in [0.1, 0.15) is 62.5 Å². The van der Waals surface area contributed by atoms with Gasteiger partial charge in [-0.25, -0.2) is 0 Å². The Morgan fingerprint density at radius 1 is 1.16 bits per heavy atom. The SMILES string of the molecule is CCC1[CH]CC[C]2c3ccccc3C3CCC(C3)C21. The van der Waals surface area contributed by atoms with Crippen molar-refractivity contribution in [2.75, 3.05) is 0 Å². The highest BCUT2D eigenvalue weighted by Crippen LogP contribution is 2.56. The van der Waals surface area contributed by atoms with Crippen LogP contribution < -0.4 is 0 Å². The number of benzene rings is 1. The quantitative estimate of drug-likeness (QED) is 0.648. The van der Waals surface area contributed by atoms with Crippen molar-refractivity contribution in [2.24, 2.45) is 17.8 Å². The first-order valence-electron chi connectivity index (χ1n) is 8.16. The lowest BCUT2D eigenvalue weighted by Crippen LogP contribution is -2.32. The van der Waals surface area contributed by atoms with E-state index in [9.17, 15) is 0 Å². The van der Waals surface area contributed by atoms with Crippen molar-refractivity contribution in [3.63, 3.8) is 0 Å². The smallest absolute Gasteiger partial charge is 0.00893 e. The summed E-state index contributed by atoms with van der Waals surface area (Å²) in [4.78, 5) is 0. The van der Waals surface area contributed by atoms with Gasteiger partial charge in [-0.1, -0.05) is 37.6 Å². The summed E-state index contributed by atoms with van der Waals surface area (Å²) in [7, 11) is 0. The molecular formula is C19H24. The zero-order valence-electron chi connectivity index (χ0n) is 11.9. The highest BCUT2D eigenvalue weighted by Gasteiger charge is 2.45. The molecule has 0 heteroatoms. The average molecular weight is 252 g/mol. The molecule has 0 amide bonds. The first-order chi connectivity index (χ1) is 9.38. The maximum absolute atomic E-state index is 2.63. The van der Waals surface area contributed by atoms with Crippen LogP contribution in [-0.2, 0) is 0 Å². The van der Waals surface area contributed by atoms with E-state index in [1.54, 1.807) is 11.1 Å². The van der Waals surface area contributed by atoms with Crippen LogP contribution in [0.5, 0.6) is 0 Å². The van der Waals surface area contributed by atoms with Crippen LogP contribution in [-0.4, -0.2) is 0 Å². The zero-order valence-corrected chi connectivity index (χ0v) is 11.9. The van der Waals surface area contributed by atoms with E-state index in [-0.39, 0.29) is 0 Å². The molecule has 19 heavy (non-hydrogen) atoms. The molecule has 1 aromatic rings. The molecule has 0 saturated heterocycles. The average Bonchev–Trinajstić information content (AvgIpc) is 2.90. The van der Waals surface area contributed by atoms with E-state index in [1.165, 1.54) is 38.5 Å². The summed E-state index contributed by atoms with van der Waals surface area (Å²) < 4.78 is 0. The summed E-state index contributed by atoms with van der Waals surface area (Å²) in [6, 6.07) is 9.33. The van der Waals surface area contributed by atoms with Gasteiger partial charge < -0.3 is 0 Å². The lowest BCUT2D eigenvalue weighted by molar-refractivity contribution is 0.234. The molecule has 100 valence electrons. The Morgan fingerprint density at radius 3 is 2.95 bits per heavy atom. The van der Waals surface area contributed by atoms with Gasteiger partial charge in [0.15, 0.2) is 0 Å². The fraction of sp³-hybridized carbons (Fsp3) is 0.579. The molecule has 3 aliphatic rings. The maximum atomic E-state index is 2.63. The lowest BCUT2D eigenvalue weighted by Gasteiger charge is -2.41. The van der Waals surface area contributed by atoms with Crippen molar-refractivity contribution in [1.82, 2.24) is 0 Å². The van der Waals surface area contributed by atoms with Gasteiger partial charge in [0.1, 0.15) is 0 Å². The van der Waals surface area contributed by atoms with E-state index in [0.717, 1.165) is 23.7 Å². The molecule has 4 unspecified atom stereocenters. The normalized spacial score (nSPS) is 37.5. The van der Waals surface area contributed by atoms with Gasteiger partial charge in [-0.2, -0.15) is 0 Å². The molecule has 2 saturated carbocycles. The maximum Gasteiger partial charge on any atom is 0.00893 e. The van der Waals surface area contributed by atoms with Crippen molar-refractivity contribution < 1.29 is 0 Å². The molecule has 3 aliphatic carbocycles. The fourth-order valence-corrected chi connectivity index (χ4v) is 5.16. The molecule has 1 aromatic carbocycles. The second-order valence-electron chi connectivity index (χ2n) is 6.75. The second kappa shape index (κ2) is 4.65. The molecule has 0 N–H and O–H groups in total. The predicted octanol–water partition coefficient (Wildman–Crippen LogP) is 5.15. The topological polar surface area (TPSA) is 0 Å². The summed E-state index contributed by atoms with van der Waals surface area (Å²) in [5.74, 6) is 5.36. The third-order valence-electron chi connectivity index (χ3n) is 5.95. The molecule has 0 spiro atoms. The summed E-state index contributed by atoms with van der Waals surface area (Å²) in [5, 5.41) is 0. The van der Waals surface area contributed by atoms with Crippen LogP contribution in [0.25, 0.3) is 0 Å². The van der Waals surface area contributed by atoms with Crippen molar-refractivity contribution >= 4 is 0 Å². The number of fused-ring (bicyclic) bond motifs is 7. The highest BCUT2D eigenvalue weighted by atomic mass is 14.5. The monoisotopic (exact) mass is 252 g/mol. The Morgan fingerprint density at radius 2 is 2.05 bits per heavy atom. The van der Waals surface area contributed by atoms with Crippen LogP contribution in [0.15, 0.2) is 24.3 Å². The van der Waals surface area contributed by atoms with Gasteiger partial charge in [0.25, 0.3) is 0 Å². The van der Waals surface area contributed by atoms with Gasteiger partial charge in [0.05, 0.1) is 0 Å². The molecular weight excluding hydrogens is 228 g/mol. The first kappa shape index (κ1) is 12.0. The standard InChI is InChI=1S/C19H24/c1-2-13-6-5-9-18-17-8-4-3-7-16(17)14-10-11-15(12-14)19(13)18/h3-4,6-8,13-15,19H,2,5,9-12H2,1H3. The van der Waals surface area contributed by atoms with E-state index in [0.29, 0.717) is 0 Å². The largest absolute Gasteiger partial charge is 0.0651 e. The van der Waals surface area contributed by atoms with Crippen molar-refractivity contribution in [1.29, 1.82) is 0 Å². The molecule has 0 aromatic heterocycles. The number of rotatable bonds is 1. The van der Waals surface area contributed by atoms with Crippen molar-refractivity contribution in [3.05, 3.63) is 47.7 Å². The summed E-state index contributed by atoms with van der Waals surface area (Å²) in [6.07, 6.45) is 10.9. The third kappa shape index (κ3) is 1.79. The minimum atomic E-state index is 0.846. The van der Waals surface area contributed by atoms with Gasteiger partial charge in [-0.3, -0.25) is 0 Å². The Hall–Kier alpha value is -0.780. The van der Waals surface area contributed by atoms with Gasteiger partial charge in [0, 0.05) is 5.92 Å². The first-order valence-corrected chi connectivity index (χ1v) is 8.16. The van der Waals surface area contributed by atoms with Gasteiger partial charge in [0.2, 0.25) is 0 Å². The van der Waals surface area contributed by atoms with E-state index in [4.69, 9.17) is 0 Å². The summed E-state index contributed by atoms with van der Waals surface area (Å²) >= 11 is 0. The van der Waals surface area contributed by atoms with Crippen LogP contribution in [0.4, 0.5) is 0 Å². The summed E-state index contributed by atoms with van der Waals surface area (Å²) in [6.45, 7) is 2.38. The number of hydrogen-bond acceptors (Lipinski definition) is 0. The Balaban J connectivity index is 1.82. The van der Waals surface area contributed by atoms with E-state index in [1.807, 2.05) is 5.92 Å². The fourth-order valence-electron chi connectivity index (χ4n) is 5.16. The Labute approximate surface area is 117 Å². The second-order valence-corrected chi connectivity index (χ2v) is 6.75. The minimum absolute atomic E-state index is 0.846. The predicted molar refractivity (Wildman–Crippen MR) is 79.7 cm³/mol. The van der Waals surface area contributed by atoms with Gasteiger partial charge in [-0.05, 0) is 73.3 Å². The molecule has 4 atom stereocenters. The molecule has 2 radical (unpaired) electrons. The van der Waals surface area contributed by atoms with E-state index in [2.05, 4.69) is 37.6 Å². The van der Waals surface area contributed by atoms with E-state index >= 15 is 0 Å². The van der Waals surface area contributed by atoms with E-state index < -0.39 is 0 Å². The number of hydrogen-bond donors (Lipinski definition) is 0. The third-order valence-corrected chi connectivity index (χ3v) is 5.95. The summed E-state index contributed by atoms with van der Waals surface area (Å²) in [5.41, 5.74) is 3.32.